The molecule has 56 valence electrons. The molecule has 0 saturated carbocycles. The van der Waals surface area contributed by atoms with E-state index in [-0.39, 0.29) is 4.90 Å². The van der Waals surface area contributed by atoms with Crippen LogP contribution in [0, 0.1) is 0 Å². The van der Waals surface area contributed by atoms with Crippen LogP contribution in [0.25, 0.3) is 0 Å². The van der Waals surface area contributed by atoms with Gasteiger partial charge in [0, 0.05) is 0 Å². The number of halogens is 1. The summed E-state index contributed by atoms with van der Waals surface area (Å²) in [5.74, 6) is 0. The van der Waals surface area contributed by atoms with Crippen LogP contribution in [0.2, 0.25) is 0 Å². The molecule has 1 rings (SSSR count). The molecule has 0 heterocycles. The summed E-state index contributed by atoms with van der Waals surface area (Å²) in [4.78, 5) is -0.0741. The molecule has 0 aliphatic rings. The summed E-state index contributed by atoms with van der Waals surface area (Å²) >= 11 is 0. The van der Waals surface area contributed by atoms with Gasteiger partial charge in [0.2, 0.25) is 0 Å². The molecular weight excluding hydrogens is 155 g/mol. The van der Waals surface area contributed by atoms with Crippen molar-refractivity contribution in [2.24, 2.45) is 0 Å². The SMILES string of the molecule is OS(O)(F)c1ccccc1. The van der Waals surface area contributed by atoms with E-state index < -0.39 is 11.0 Å². The lowest BCUT2D eigenvalue weighted by atomic mass is 10.4. The molecule has 0 aliphatic heterocycles. The highest BCUT2D eigenvalue weighted by Crippen LogP contribution is 2.48. The van der Waals surface area contributed by atoms with Gasteiger partial charge in [0.05, 0.1) is 4.90 Å². The Bertz CT molecular complexity index is 207. The summed E-state index contributed by atoms with van der Waals surface area (Å²) in [6, 6.07) is 7.42. The second kappa shape index (κ2) is 2.57. The molecule has 0 spiro atoms. The molecule has 1 aromatic rings. The first-order chi connectivity index (χ1) is 4.61. The summed E-state index contributed by atoms with van der Waals surface area (Å²) in [6.45, 7) is 0. The van der Waals surface area contributed by atoms with Gasteiger partial charge in [-0.3, -0.25) is 9.11 Å². The van der Waals surface area contributed by atoms with Gasteiger partial charge in [-0.1, -0.05) is 22.1 Å². The molecule has 0 fully saturated rings. The first-order valence-corrected chi connectivity index (χ1v) is 4.08. The Morgan fingerprint density at radius 2 is 1.60 bits per heavy atom. The van der Waals surface area contributed by atoms with E-state index in [2.05, 4.69) is 0 Å². The molecule has 0 unspecified atom stereocenters. The third-order valence-electron chi connectivity index (χ3n) is 1.04. The Morgan fingerprint density at radius 3 is 1.90 bits per heavy atom. The van der Waals surface area contributed by atoms with E-state index in [4.69, 9.17) is 9.11 Å². The average Bonchev–Trinajstić information content (AvgIpc) is 1.88. The highest BCUT2D eigenvalue weighted by atomic mass is 32.3. The lowest BCUT2D eigenvalue weighted by Gasteiger charge is -2.19. The van der Waals surface area contributed by atoms with Gasteiger partial charge in [-0.05, 0) is 23.1 Å². The van der Waals surface area contributed by atoms with E-state index >= 15 is 0 Å². The van der Waals surface area contributed by atoms with E-state index in [1.54, 1.807) is 18.2 Å². The zero-order valence-corrected chi connectivity index (χ0v) is 5.88. The highest BCUT2D eigenvalue weighted by Gasteiger charge is 2.10. The maximum absolute atomic E-state index is 12.3. The Hall–Kier alpha value is -0.580. The summed E-state index contributed by atoms with van der Waals surface area (Å²) in [5.41, 5.74) is 0. The normalized spacial score (nSPS) is 13.1. The number of hydrogen-bond donors (Lipinski definition) is 2. The molecule has 0 saturated heterocycles. The van der Waals surface area contributed by atoms with E-state index in [1.807, 2.05) is 0 Å². The molecule has 0 radical (unpaired) electrons. The van der Waals surface area contributed by atoms with Crippen LogP contribution in [-0.2, 0) is 0 Å². The van der Waals surface area contributed by atoms with Gasteiger partial charge < -0.3 is 0 Å². The highest BCUT2D eigenvalue weighted by molar-refractivity contribution is 8.19. The van der Waals surface area contributed by atoms with Gasteiger partial charge in [-0.25, -0.2) is 0 Å². The molecule has 0 bridgehead atoms. The van der Waals surface area contributed by atoms with Gasteiger partial charge in [-0.2, -0.15) is 0 Å². The average molecular weight is 162 g/mol. The van der Waals surface area contributed by atoms with E-state index in [1.165, 1.54) is 12.1 Å². The lowest BCUT2D eigenvalue weighted by molar-refractivity contribution is 0.434. The van der Waals surface area contributed by atoms with Crippen molar-refractivity contribution in [2.75, 3.05) is 0 Å². The Labute approximate surface area is 60.0 Å². The number of rotatable bonds is 1. The van der Waals surface area contributed by atoms with Crippen molar-refractivity contribution in [3.63, 3.8) is 0 Å². The number of hydrogen-bond acceptors (Lipinski definition) is 2. The van der Waals surface area contributed by atoms with Crippen molar-refractivity contribution in [2.45, 2.75) is 4.90 Å². The van der Waals surface area contributed by atoms with Crippen molar-refractivity contribution >= 4 is 11.0 Å². The van der Waals surface area contributed by atoms with Crippen LogP contribution in [0.5, 0.6) is 0 Å². The predicted molar refractivity (Wildman–Crippen MR) is 38.7 cm³/mol. The molecule has 10 heavy (non-hydrogen) atoms. The van der Waals surface area contributed by atoms with Crippen molar-refractivity contribution in [1.29, 1.82) is 0 Å². The maximum atomic E-state index is 12.3. The molecule has 4 heteroatoms. The molecule has 0 atom stereocenters. The fourth-order valence-corrected chi connectivity index (χ4v) is 1.10. The smallest absolute Gasteiger partial charge is 0.0916 e. The molecule has 0 aliphatic carbocycles. The van der Waals surface area contributed by atoms with Crippen LogP contribution in [-0.4, -0.2) is 9.11 Å². The van der Waals surface area contributed by atoms with Crippen LogP contribution in [0.3, 0.4) is 0 Å². The zero-order valence-electron chi connectivity index (χ0n) is 5.07. The number of benzene rings is 1. The predicted octanol–water partition coefficient (Wildman–Crippen LogP) is 2.68. The van der Waals surface area contributed by atoms with Crippen molar-refractivity contribution in [3.05, 3.63) is 30.3 Å². The molecule has 2 nitrogen and oxygen atoms in total. The van der Waals surface area contributed by atoms with Crippen LogP contribution in [0.4, 0.5) is 3.89 Å². The van der Waals surface area contributed by atoms with Crippen LogP contribution in [0.1, 0.15) is 0 Å². The lowest BCUT2D eigenvalue weighted by Crippen LogP contribution is -1.87. The minimum Gasteiger partial charge on any atom is -0.269 e. The maximum Gasteiger partial charge on any atom is 0.0916 e. The molecule has 0 aromatic heterocycles. The third-order valence-corrected chi connectivity index (χ3v) is 1.92. The van der Waals surface area contributed by atoms with Gasteiger partial charge in [0.1, 0.15) is 0 Å². The monoisotopic (exact) mass is 162 g/mol. The summed E-state index contributed by atoms with van der Waals surface area (Å²) in [5, 5.41) is 0. The second-order valence-corrected chi connectivity index (χ2v) is 3.22. The largest absolute Gasteiger partial charge is 0.269 e. The third kappa shape index (κ3) is 1.70. The summed E-state index contributed by atoms with van der Waals surface area (Å²) in [6.07, 6.45) is 0. The molecular formula is C6H7FO2S. The van der Waals surface area contributed by atoms with E-state index in [0.29, 0.717) is 0 Å². The first-order valence-electron chi connectivity index (χ1n) is 2.63. The van der Waals surface area contributed by atoms with Crippen molar-refractivity contribution < 1.29 is 13.0 Å². The first kappa shape index (κ1) is 7.53. The second-order valence-electron chi connectivity index (χ2n) is 1.79. The van der Waals surface area contributed by atoms with Gasteiger partial charge in [0.25, 0.3) is 0 Å². The van der Waals surface area contributed by atoms with Crippen LogP contribution < -0.4 is 0 Å². The Balaban J connectivity index is 2.97. The zero-order chi connectivity index (χ0) is 7.61. The molecule has 2 N–H and O–H groups in total. The van der Waals surface area contributed by atoms with Crippen LogP contribution >= 0.6 is 11.0 Å². The Morgan fingerprint density at radius 1 is 1.10 bits per heavy atom. The minimum absolute atomic E-state index is 0.0741. The molecule has 1 aromatic carbocycles. The Kier molecular flexibility index (Phi) is 1.94. The van der Waals surface area contributed by atoms with Crippen LogP contribution in [0.15, 0.2) is 35.2 Å². The topological polar surface area (TPSA) is 40.5 Å². The van der Waals surface area contributed by atoms with Crippen molar-refractivity contribution in [3.8, 4) is 0 Å². The summed E-state index contributed by atoms with van der Waals surface area (Å²) in [7, 11) is -4.00. The standard InChI is InChI=1S/C6H7FO2S/c7-10(8,9)6-4-2-1-3-5-6/h1-5,8-9H. The fraction of sp³-hybridized carbons (Fsp3) is 0. The van der Waals surface area contributed by atoms with E-state index in [9.17, 15) is 3.89 Å². The molecule has 0 amide bonds. The fourth-order valence-electron chi connectivity index (χ4n) is 0.594. The van der Waals surface area contributed by atoms with Gasteiger partial charge >= 0.3 is 0 Å². The van der Waals surface area contributed by atoms with E-state index in [0.717, 1.165) is 0 Å². The van der Waals surface area contributed by atoms with Gasteiger partial charge in [-0.15, -0.1) is 0 Å². The van der Waals surface area contributed by atoms with Crippen molar-refractivity contribution in [1.82, 2.24) is 0 Å². The quantitative estimate of drug-likeness (QED) is 0.666. The minimum atomic E-state index is -4.00. The summed E-state index contributed by atoms with van der Waals surface area (Å²) < 4.78 is 29.2. The van der Waals surface area contributed by atoms with Gasteiger partial charge in [0.15, 0.2) is 0 Å².